The first-order chi connectivity index (χ1) is 13.5. The van der Waals surface area contributed by atoms with Crippen LogP contribution in [0, 0.1) is 0 Å². The fourth-order valence-corrected chi connectivity index (χ4v) is 4.29. The second-order valence-corrected chi connectivity index (χ2v) is 8.13. The van der Waals surface area contributed by atoms with E-state index in [1.807, 2.05) is 6.92 Å². The van der Waals surface area contributed by atoms with Crippen molar-refractivity contribution in [2.24, 2.45) is 0 Å². The minimum absolute atomic E-state index is 0.126. The molecular formula is C21H28ClN3O3. The molecule has 1 saturated heterocycles. The maximum atomic E-state index is 13.1. The summed E-state index contributed by atoms with van der Waals surface area (Å²) in [6.45, 7) is 1.58. The summed E-state index contributed by atoms with van der Waals surface area (Å²) in [5, 5.41) is 6.37. The Hall–Kier alpha value is -2.08. The van der Waals surface area contributed by atoms with Crippen LogP contribution in [0.15, 0.2) is 24.3 Å². The van der Waals surface area contributed by atoms with E-state index in [-0.39, 0.29) is 18.5 Å². The largest absolute Gasteiger partial charge is 0.352 e. The Morgan fingerprint density at radius 3 is 2.36 bits per heavy atom. The summed E-state index contributed by atoms with van der Waals surface area (Å²) in [6, 6.07) is 6.45. The van der Waals surface area contributed by atoms with E-state index in [1.54, 1.807) is 24.3 Å². The Bertz CT molecular complexity index is 729. The molecule has 28 heavy (non-hydrogen) atoms. The van der Waals surface area contributed by atoms with Gasteiger partial charge in [0.15, 0.2) is 0 Å². The van der Waals surface area contributed by atoms with Gasteiger partial charge in [-0.2, -0.15) is 0 Å². The van der Waals surface area contributed by atoms with E-state index in [4.69, 9.17) is 11.6 Å². The van der Waals surface area contributed by atoms with Crippen molar-refractivity contribution in [1.82, 2.24) is 15.5 Å². The number of rotatable bonds is 5. The van der Waals surface area contributed by atoms with Gasteiger partial charge in [-0.25, -0.2) is 4.79 Å². The Balaban J connectivity index is 1.68. The molecule has 7 heteroatoms. The quantitative estimate of drug-likeness (QED) is 0.732. The molecular weight excluding hydrogens is 378 g/mol. The van der Waals surface area contributed by atoms with Gasteiger partial charge in [0.05, 0.1) is 0 Å². The lowest BCUT2D eigenvalue weighted by atomic mass is 9.87. The molecule has 0 spiro atoms. The van der Waals surface area contributed by atoms with Gasteiger partial charge in [-0.1, -0.05) is 62.8 Å². The van der Waals surface area contributed by atoms with Crippen LogP contribution >= 0.6 is 11.6 Å². The fraction of sp³-hybridized carbons (Fsp3) is 0.571. The van der Waals surface area contributed by atoms with Crippen LogP contribution in [0.25, 0.3) is 0 Å². The van der Waals surface area contributed by atoms with Crippen LogP contribution in [0.4, 0.5) is 4.79 Å². The number of nitrogens with one attached hydrogen (secondary N) is 2. The van der Waals surface area contributed by atoms with Crippen LogP contribution in [-0.4, -0.2) is 35.3 Å². The second kappa shape index (κ2) is 8.95. The predicted molar refractivity (Wildman–Crippen MR) is 108 cm³/mol. The first kappa shape index (κ1) is 20.6. The lowest BCUT2D eigenvalue weighted by molar-refractivity contribution is -0.135. The van der Waals surface area contributed by atoms with Gasteiger partial charge in [-0.3, -0.25) is 14.5 Å². The molecule has 4 amide bonds. The molecule has 2 N–H and O–H groups in total. The van der Waals surface area contributed by atoms with Crippen molar-refractivity contribution in [3.05, 3.63) is 34.9 Å². The maximum Gasteiger partial charge on any atom is 0.325 e. The molecule has 1 saturated carbocycles. The molecule has 1 unspecified atom stereocenters. The summed E-state index contributed by atoms with van der Waals surface area (Å²) in [5.74, 6) is -0.674. The van der Waals surface area contributed by atoms with E-state index < -0.39 is 17.5 Å². The molecule has 152 valence electrons. The summed E-state index contributed by atoms with van der Waals surface area (Å²) < 4.78 is 0. The molecule has 3 rings (SSSR count). The topological polar surface area (TPSA) is 78.5 Å². The Morgan fingerprint density at radius 2 is 1.75 bits per heavy atom. The number of carbonyl (C=O) groups is 3. The second-order valence-electron chi connectivity index (χ2n) is 7.70. The lowest BCUT2D eigenvalue weighted by Crippen LogP contribution is -2.46. The van der Waals surface area contributed by atoms with Crippen molar-refractivity contribution in [1.29, 1.82) is 0 Å². The van der Waals surface area contributed by atoms with E-state index in [2.05, 4.69) is 10.6 Å². The standard InChI is InChI=1S/C21H28ClN3O3/c1-2-21(15-10-12-16(22)13-11-15)19(27)25(20(28)24-21)14-18(26)23-17-8-6-4-3-5-7-9-17/h10-13,17H,2-9,14H2,1H3,(H,23,26)(H,24,28). The average molecular weight is 406 g/mol. The molecule has 2 aliphatic rings. The van der Waals surface area contributed by atoms with Crippen molar-refractivity contribution in [3.63, 3.8) is 0 Å². The molecule has 1 atom stereocenters. The van der Waals surface area contributed by atoms with Gasteiger partial charge >= 0.3 is 6.03 Å². The number of imide groups is 1. The van der Waals surface area contributed by atoms with Crippen LogP contribution in [0.2, 0.25) is 5.02 Å². The molecule has 0 radical (unpaired) electrons. The highest BCUT2D eigenvalue weighted by Crippen LogP contribution is 2.33. The van der Waals surface area contributed by atoms with Gasteiger partial charge in [0.2, 0.25) is 5.91 Å². The van der Waals surface area contributed by atoms with Gasteiger partial charge in [0.25, 0.3) is 5.91 Å². The van der Waals surface area contributed by atoms with Crippen LogP contribution in [0.3, 0.4) is 0 Å². The summed E-state index contributed by atoms with van der Waals surface area (Å²) in [4.78, 5) is 39.2. The van der Waals surface area contributed by atoms with Gasteiger partial charge in [0, 0.05) is 11.1 Å². The van der Waals surface area contributed by atoms with Crippen LogP contribution in [-0.2, 0) is 15.1 Å². The molecule has 1 aliphatic carbocycles. The Labute approximate surface area is 171 Å². The van der Waals surface area contributed by atoms with Crippen LogP contribution < -0.4 is 10.6 Å². The van der Waals surface area contributed by atoms with E-state index in [1.165, 1.54) is 19.3 Å². The molecule has 1 heterocycles. The molecule has 1 aromatic carbocycles. The number of hydrogen-bond acceptors (Lipinski definition) is 3. The van der Waals surface area contributed by atoms with Crippen LogP contribution in [0.5, 0.6) is 0 Å². The normalized spacial score (nSPS) is 23.9. The Kier molecular flexibility index (Phi) is 6.60. The summed E-state index contributed by atoms with van der Waals surface area (Å²) >= 11 is 5.95. The maximum absolute atomic E-state index is 13.1. The smallest absolute Gasteiger partial charge is 0.325 e. The van der Waals surface area contributed by atoms with Gasteiger partial charge in [-0.15, -0.1) is 0 Å². The number of urea groups is 1. The molecule has 0 bridgehead atoms. The lowest BCUT2D eigenvalue weighted by Gasteiger charge is -2.26. The average Bonchev–Trinajstić information content (AvgIpc) is 2.89. The van der Waals surface area contributed by atoms with E-state index in [0.717, 1.165) is 30.6 Å². The molecule has 1 aromatic rings. The zero-order chi connectivity index (χ0) is 20.1. The first-order valence-corrected chi connectivity index (χ1v) is 10.5. The summed E-state index contributed by atoms with van der Waals surface area (Å²) in [7, 11) is 0. The SMILES string of the molecule is CCC1(c2ccc(Cl)cc2)NC(=O)N(CC(=O)NC2CCCCCCC2)C1=O. The molecule has 0 aromatic heterocycles. The highest BCUT2D eigenvalue weighted by molar-refractivity contribution is 6.30. The monoisotopic (exact) mass is 405 g/mol. The minimum atomic E-state index is -1.15. The third kappa shape index (κ3) is 4.32. The van der Waals surface area contributed by atoms with Crippen molar-refractivity contribution in [2.75, 3.05) is 6.54 Å². The van der Waals surface area contributed by atoms with Crippen molar-refractivity contribution >= 4 is 29.4 Å². The summed E-state index contributed by atoms with van der Waals surface area (Å²) in [6.07, 6.45) is 8.14. The first-order valence-electron chi connectivity index (χ1n) is 10.2. The number of benzene rings is 1. The highest BCUT2D eigenvalue weighted by Gasteiger charge is 2.51. The number of hydrogen-bond donors (Lipinski definition) is 2. The van der Waals surface area contributed by atoms with Crippen molar-refractivity contribution in [2.45, 2.75) is 69.9 Å². The number of amides is 4. The minimum Gasteiger partial charge on any atom is -0.352 e. The van der Waals surface area contributed by atoms with E-state index >= 15 is 0 Å². The van der Waals surface area contributed by atoms with E-state index in [9.17, 15) is 14.4 Å². The number of halogens is 1. The number of carbonyl (C=O) groups excluding carboxylic acids is 3. The predicted octanol–water partition coefficient (Wildman–Crippen LogP) is 3.73. The molecule has 6 nitrogen and oxygen atoms in total. The van der Waals surface area contributed by atoms with Crippen LogP contribution in [0.1, 0.15) is 63.9 Å². The van der Waals surface area contributed by atoms with Gasteiger partial charge < -0.3 is 10.6 Å². The molecule has 1 aliphatic heterocycles. The third-order valence-electron chi connectivity index (χ3n) is 5.82. The molecule has 2 fully saturated rings. The number of nitrogens with zero attached hydrogens (tertiary/aromatic N) is 1. The fourth-order valence-electron chi connectivity index (χ4n) is 4.16. The zero-order valence-electron chi connectivity index (χ0n) is 16.3. The van der Waals surface area contributed by atoms with E-state index in [0.29, 0.717) is 17.0 Å². The van der Waals surface area contributed by atoms with Crippen molar-refractivity contribution in [3.8, 4) is 0 Å². The Morgan fingerprint density at radius 1 is 1.14 bits per heavy atom. The highest BCUT2D eigenvalue weighted by atomic mass is 35.5. The van der Waals surface area contributed by atoms with Gasteiger partial charge in [-0.05, 0) is 37.0 Å². The third-order valence-corrected chi connectivity index (χ3v) is 6.07. The van der Waals surface area contributed by atoms with Gasteiger partial charge in [0.1, 0.15) is 12.1 Å². The summed E-state index contributed by atoms with van der Waals surface area (Å²) in [5.41, 5.74) is -0.483. The van der Waals surface area contributed by atoms with Crippen molar-refractivity contribution < 1.29 is 14.4 Å². The zero-order valence-corrected chi connectivity index (χ0v) is 17.1.